The molecule has 4 heteroatoms. The normalized spacial score (nSPS) is 15.3. The monoisotopic (exact) mass is 418 g/mol. The molecule has 0 saturated heterocycles. The molecule has 0 saturated carbocycles. The van der Waals surface area contributed by atoms with Crippen molar-refractivity contribution in [2.24, 2.45) is 15.0 Å². The highest BCUT2D eigenvalue weighted by molar-refractivity contribution is 6.19. The van der Waals surface area contributed by atoms with E-state index in [4.69, 9.17) is 10.4 Å². The summed E-state index contributed by atoms with van der Waals surface area (Å²) in [6, 6.07) is 16.2. The first-order valence-electron chi connectivity index (χ1n) is 10.6. The topological polar surface area (TPSA) is 60.9 Å². The molecule has 0 aromatic heterocycles. The van der Waals surface area contributed by atoms with Crippen molar-refractivity contribution in [2.75, 3.05) is 0 Å². The summed E-state index contributed by atoms with van der Waals surface area (Å²) in [6.07, 6.45) is 15.1. The Balaban J connectivity index is 1.42. The van der Waals surface area contributed by atoms with Crippen LogP contribution >= 0.6 is 0 Å². The number of hydrogen-bond donors (Lipinski definition) is 1. The number of rotatable bonds is 3. The first kappa shape index (κ1) is 21.3. The van der Waals surface area contributed by atoms with Crippen LogP contribution in [0.2, 0.25) is 0 Å². The number of benzene rings is 2. The van der Waals surface area contributed by atoms with Gasteiger partial charge in [-0.05, 0) is 96.0 Å². The molecule has 0 amide bonds. The maximum absolute atomic E-state index is 7.54. The van der Waals surface area contributed by atoms with E-state index in [2.05, 4.69) is 55.0 Å². The molecule has 0 bridgehead atoms. The largest absolute Gasteiger partial charge is 0.301 e. The minimum Gasteiger partial charge on any atom is -0.301 e. The van der Waals surface area contributed by atoms with Crippen molar-refractivity contribution >= 4 is 39.9 Å². The molecule has 158 valence electrons. The second kappa shape index (κ2) is 9.06. The highest BCUT2D eigenvalue weighted by Crippen LogP contribution is 2.25. The molecule has 0 radical (unpaired) electrons. The van der Waals surface area contributed by atoms with Gasteiger partial charge in [-0.15, -0.1) is 0 Å². The highest BCUT2D eigenvalue weighted by atomic mass is 14.8. The molecule has 0 spiro atoms. The smallest absolute Gasteiger partial charge is 0.0638 e. The van der Waals surface area contributed by atoms with Crippen molar-refractivity contribution in [3.05, 3.63) is 103 Å². The van der Waals surface area contributed by atoms with E-state index in [1.54, 1.807) is 12.2 Å². The number of nitrogens with zero attached hydrogens (tertiary/aromatic N) is 3. The van der Waals surface area contributed by atoms with Crippen LogP contribution < -0.4 is 0 Å². The summed E-state index contributed by atoms with van der Waals surface area (Å²) in [5.41, 5.74) is 7.20. The summed E-state index contributed by atoms with van der Waals surface area (Å²) >= 11 is 0. The van der Waals surface area contributed by atoms with Crippen LogP contribution in [0, 0.1) is 5.41 Å². The Hall–Kier alpha value is -3.92. The number of aliphatic imine (C=N–C) groups is 3. The first-order chi connectivity index (χ1) is 15.3. The van der Waals surface area contributed by atoms with Crippen LogP contribution in [0.15, 0.2) is 112 Å². The van der Waals surface area contributed by atoms with E-state index in [1.807, 2.05) is 60.7 Å². The zero-order valence-corrected chi connectivity index (χ0v) is 18.6. The van der Waals surface area contributed by atoms with E-state index < -0.39 is 0 Å². The highest BCUT2D eigenvalue weighted by Gasteiger charge is 2.12. The van der Waals surface area contributed by atoms with Crippen LogP contribution in [-0.2, 0) is 5.41 Å². The van der Waals surface area contributed by atoms with Crippen LogP contribution in [0.1, 0.15) is 26.3 Å². The molecule has 32 heavy (non-hydrogen) atoms. The average molecular weight is 419 g/mol. The van der Waals surface area contributed by atoms with Gasteiger partial charge in [0.15, 0.2) is 0 Å². The maximum atomic E-state index is 7.54. The first-order valence-corrected chi connectivity index (χ1v) is 10.6. The molecule has 2 aliphatic rings. The SMILES string of the molecule is CC(C)(C)c1ccc(N=C2C=CC(=Nc3ccc(N=C4C=CC(=N)C=C4)cc3)C=C2)cc1. The van der Waals surface area contributed by atoms with Crippen LogP contribution in [0.4, 0.5) is 17.1 Å². The summed E-state index contributed by atoms with van der Waals surface area (Å²) in [5, 5.41) is 7.54. The fourth-order valence-electron chi connectivity index (χ4n) is 3.22. The van der Waals surface area contributed by atoms with Gasteiger partial charge in [0, 0.05) is 0 Å². The predicted octanol–water partition coefficient (Wildman–Crippen LogP) is 7.17. The lowest BCUT2D eigenvalue weighted by Crippen LogP contribution is -2.10. The van der Waals surface area contributed by atoms with E-state index in [1.165, 1.54) is 5.56 Å². The Morgan fingerprint density at radius 1 is 0.500 bits per heavy atom. The number of nitrogens with one attached hydrogen (secondary N) is 1. The molecule has 2 aromatic rings. The number of hydrogen-bond acceptors (Lipinski definition) is 4. The average Bonchev–Trinajstić information content (AvgIpc) is 2.78. The van der Waals surface area contributed by atoms with Crippen LogP contribution in [0.3, 0.4) is 0 Å². The zero-order chi connectivity index (χ0) is 22.6. The van der Waals surface area contributed by atoms with Crippen molar-refractivity contribution in [1.82, 2.24) is 0 Å². The third kappa shape index (κ3) is 5.61. The van der Waals surface area contributed by atoms with Crippen molar-refractivity contribution in [2.45, 2.75) is 26.2 Å². The van der Waals surface area contributed by atoms with E-state index in [0.29, 0.717) is 5.71 Å². The molecule has 1 N–H and O–H groups in total. The van der Waals surface area contributed by atoms with Gasteiger partial charge in [0.1, 0.15) is 0 Å². The minimum absolute atomic E-state index is 0.141. The van der Waals surface area contributed by atoms with E-state index >= 15 is 0 Å². The van der Waals surface area contributed by atoms with Gasteiger partial charge in [-0.25, -0.2) is 15.0 Å². The molecule has 0 heterocycles. The van der Waals surface area contributed by atoms with Crippen molar-refractivity contribution in [1.29, 1.82) is 5.41 Å². The predicted molar refractivity (Wildman–Crippen MR) is 137 cm³/mol. The second-order valence-electron chi connectivity index (χ2n) is 8.71. The van der Waals surface area contributed by atoms with Gasteiger partial charge < -0.3 is 5.41 Å². The standard InChI is InChI=1S/C28H26N4/c1-28(2,3)20-4-8-22(9-5-20)30-24-12-16-26(17-13-24)32-27-18-14-25(15-19-27)31-23-10-6-21(29)7-11-23/h4-19,29H,1-3H3. The third-order valence-corrected chi connectivity index (χ3v) is 5.07. The molecule has 2 aliphatic carbocycles. The third-order valence-electron chi connectivity index (χ3n) is 5.07. The van der Waals surface area contributed by atoms with Crippen molar-refractivity contribution in [3.8, 4) is 0 Å². The summed E-state index contributed by atoms with van der Waals surface area (Å²) in [7, 11) is 0. The van der Waals surface area contributed by atoms with Crippen LogP contribution in [-0.4, -0.2) is 22.8 Å². The molecule has 0 atom stereocenters. The Labute approximate surface area is 189 Å². The summed E-state index contributed by atoms with van der Waals surface area (Å²) in [6.45, 7) is 6.63. The van der Waals surface area contributed by atoms with E-state index in [0.717, 1.165) is 34.2 Å². The van der Waals surface area contributed by atoms with Crippen molar-refractivity contribution in [3.63, 3.8) is 0 Å². The van der Waals surface area contributed by atoms with Gasteiger partial charge in [0.2, 0.25) is 0 Å². The summed E-state index contributed by atoms with van der Waals surface area (Å²) < 4.78 is 0. The fraction of sp³-hybridized carbons (Fsp3) is 0.143. The fourth-order valence-corrected chi connectivity index (χ4v) is 3.22. The molecule has 4 nitrogen and oxygen atoms in total. The molecular weight excluding hydrogens is 392 g/mol. The maximum Gasteiger partial charge on any atom is 0.0638 e. The Kier molecular flexibility index (Phi) is 6.04. The summed E-state index contributed by atoms with van der Waals surface area (Å²) in [4.78, 5) is 13.9. The zero-order valence-electron chi connectivity index (χ0n) is 18.6. The van der Waals surface area contributed by atoms with Gasteiger partial charge in [-0.3, -0.25) is 0 Å². The Morgan fingerprint density at radius 2 is 0.812 bits per heavy atom. The van der Waals surface area contributed by atoms with Gasteiger partial charge in [0.25, 0.3) is 0 Å². The Morgan fingerprint density at radius 3 is 1.16 bits per heavy atom. The molecule has 0 fully saturated rings. The summed E-state index contributed by atoms with van der Waals surface area (Å²) in [5.74, 6) is 0. The lowest BCUT2D eigenvalue weighted by atomic mass is 9.87. The second-order valence-corrected chi connectivity index (χ2v) is 8.71. The van der Waals surface area contributed by atoms with Crippen molar-refractivity contribution < 1.29 is 0 Å². The Bertz CT molecular complexity index is 1190. The molecule has 2 aromatic carbocycles. The lowest BCUT2D eigenvalue weighted by Gasteiger charge is -2.18. The minimum atomic E-state index is 0.141. The quantitative estimate of drug-likeness (QED) is 0.514. The van der Waals surface area contributed by atoms with Gasteiger partial charge >= 0.3 is 0 Å². The number of allylic oxidation sites excluding steroid dienone is 8. The van der Waals surface area contributed by atoms with Crippen LogP contribution in [0.25, 0.3) is 0 Å². The van der Waals surface area contributed by atoms with Crippen LogP contribution in [0.5, 0.6) is 0 Å². The van der Waals surface area contributed by atoms with Gasteiger partial charge in [-0.1, -0.05) is 32.9 Å². The molecule has 0 unspecified atom stereocenters. The van der Waals surface area contributed by atoms with Gasteiger partial charge in [-0.2, -0.15) is 0 Å². The lowest BCUT2D eigenvalue weighted by molar-refractivity contribution is 0.590. The molecular formula is C28H26N4. The van der Waals surface area contributed by atoms with E-state index in [9.17, 15) is 0 Å². The van der Waals surface area contributed by atoms with E-state index in [-0.39, 0.29) is 5.41 Å². The van der Waals surface area contributed by atoms with Gasteiger partial charge in [0.05, 0.1) is 39.9 Å². The molecule has 0 aliphatic heterocycles. The molecule has 4 rings (SSSR count).